The lowest BCUT2D eigenvalue weighted by atomic mass is 10.0. The van der Waals surface area contributed by atoms with Crippen molar-refractivity contribution in [3.63, 3.8) is 0 Å². The Hall–Kier alpha value is -2.24. The largest absolute Gasteiger partial charge is 0.489 e. The normalized spacial score (nSPS) is 18.2. The summed E-state index contributed by atoms with van der Waals surface area (Å²) in [6.45, 7) is 13.8. The monoisotopic (exact) mass is 484 g/mol. The van der Waals surface area contributed by atoms with Crippen molar-refractivity contribution in [2.75, 3.05) is 32.8 Å². The van der Waals surface area contributed by atoms with Crippen LogP contribution in [0.2, 0.25) is 5.02 Å². The number of fused-ring (bicyclic) bond motifs is 1. The van der Waals surface area contributed by atoms with Gasteiger partial charge in [0.05, 0.1) is 24.2 Å². The zero-order valence-corrected chi connectivity index (χ0v) is 21.7. The van der Waals surface area contributed by atoms with Crippen LogP contribution < -0.4 is 9.47 Å². The molecule has 0 saturated carbocycles. The summed E-state index contributed by atoms with van der Waals surface area (Å²) in [6, 6.07) is 10.4. The van der Waals surface area contributed by atoms with E-state index in [1.54, 1.807) is 0 Å². The standard InChI is InChI=1S/C28H37ClN2O3/c1-19(2)15-31(16-22-13-25(29)27-26(14-22)33-11-6-12-34-27)28(32)24-9-10-30(18-24)17-23-8-5-7-20(3)21(23)4/h5,7-8,13-14,19,24H,6,9-12,15-18H2,1-4H3/t24-/m1/s1. The summed E-state index contributed by atoms with van der Waals surface area (Å²) in [5, 5.41) is 0.548. The number of amides is 1. The van der Waals surface area contributed by atoms with Crippen LogP contribution in [0.15, 0.2) is 30.3 Å². The highest BCUT2D eigenvalue weighted by molar-refractivity contribution is 6.32. The van der Waals surface area contributed by atoms with Gasteiger partial charge in [-0.05, 0) is 67.1 Å². The second-order valence-corrected chi connectivity index (χ2v) is 10.6. The predicted molar refractivity (Wildman–Crippen MR) is 137 cm³/mol. The maximum atomic E-state index is 13.6. The zero-order valence-electron chi connectivity index (χ0n) is 20.9. The number of benzene rings is 2. The molecule has 0 radical (unpaired) electrons. The first-order valence-corrected chi connectivity index (χ1v) is 12.8. The SMILES string of the molecule is Cc1cccc(CN2CC[C@@H](C(=O)N(Cc3cc(Cl)c4c(c3)OCCCO4)CC(C)C)C2)c1C. The first-order valence-electron chi connectivity index (χ1n) is 12.5. The third-order valence-corrected chi connectivity index (χ3v) is 7.15. The topological polar surface area (TPSA) is 42.0 Å². The van der Waals surface area contributed by atoms with Crippen molar-refractivity contribution in [1.82, 2.24) is 9.80 Å². The van der Waals surface area contributed by atoms with Crippen LogP contribution in [0.1, 0.15) is 48.9 Å². The fraction of sp³-hybridized carbons (Fsp3) is 0.536. The summed E-state index contributed by atoms with van der Waals surface area (Å²) >= 11 is 6.52. The van der Waals surface area contributed by atoms with Gasteiger partial charge in [0, 0.05) is 32.6 Å². The van der Waals surface area contributed by atoms with E-state index in [0.717, 1.165) is 44.6 Å². The average molecular weight is 485 g/mol. The number of likely N-dealkylation sites (tertiary alicyclic amines) is 1. The zero-order chi connectivity index (χ0) is 24.2. The molecule has 0 N–H and O–H groups in total. The van der Waals surface area contributed by atoms with E-state index in [-0.39, 0.29) is 11.8 Å². The van der Waals surface area contributed by atoms with Crippen molar-refractivity contribution < 1.29 is 14.3 Å². The molecule has 2 aliphatic rings. The van der Waals surface area contributed by atoms with E-state index in [0.29, 0.717) is 42.2 Å². The maximum absolute atomic E-state index is 13.6. The number of hydrogen-bond acceptors (Lipinski definition) is 4. The second kappa shape index (κ2) is 11.0. The van der Waals surface area contributed by atoms with Gasteiger partial charge in [-0.15, -0.1) is 0 Å². The van der Waals surface area contributed by atoms with Crippen molar-refractivity contribution in [3.05, 3.63) is 57.6 Å². The lowest BCUT2D eigenvalue weighted by Gasteiger charge is -2.28. The Morgan fingerprint density at radius 1 is 1.21 bits per heavy atom. The fourth-order valence-electron chi connectivity index (χ4n) is 4.93. The van der Waals surface area contributed by atoms with Crippen molar-refractivity contribution in [2.45, 2.75) is 53.6 Å². The van der Waals surface area contributed by atoms with Crippen LogP contribution in [0.25, 0.3) is 0 Å². The van der Waals surface area contributed by atoms with E-state index in [2.05, 4.69) is 50.8 Å². The number of halogens is 1. The van der Waals surface area contributed by atoms with Gasteiger partial charge in [-0.25, -0.2) is 0 Å². The van der Waals surface area contributed by atoms with Crippen LogP contribution in [0.3, 0.4) is 0 Å². The second-order valence-electron chi connectivity index (χ2n) is 10.1. The third kappa shape index (κ3) is 5.87. The van der Waals surface area contributed by atoms with Crippen LogP contribution in [0.5, 0.6) is 11.5 Å². The predicted octanol–water partition coefficient (Wildman–Crippen LogP) is 5.62. The van der Waals surface area contributed by atoms with Crippen molar-refractivity contribution in [3.8, 4) is 11.5 Å². The van der Waals surface area contributed by atoms with Gasteiger partial charge in [0.2, 0.25) is 5.91 Å². The average Bonchev–Trinajstić information content (AvgIpc) is 3.12. The molecule has 1 saturated heterocycles. The molecule has 2 aromatic rings. The van der Waals surface area contributed by atoms with E-state index in [9.17, 15) is 4.79 Å². The minimum Gasteiger partial charge on any atom is -0.489 e. The van der Waals surface area contributed by atoms with E-state index in [1.165, 1.54) is 16.7 Å². The molecule has 5 nitrogen and oxygen atoms in total. The van der Waals surface area contributed by atoms with Gasteiger partial charge in [-0.3, -0.25) is 9.69 Å². The summed E-state index contributed by atoms with van der Waals surface area (Å²) in [6.07, 6.45) is 1.73. The van der Waals surface area contributed by atoms with E-state index < -0.39 is 0 Å². The van der Waals surface area contributed by atoms with Gasteiger partial charge in [0.1, 0.15) is 0 Å². The molecule has 1 amide bonds. The number of aryl methyl sites for hydroxylation is 1. The molecule has 4 rings (SSSR count). The quantitative estimate of drug-likeness (QED) is 0.511. The molecule has 2 aliphatic heterocycles. The van der Waals surface area contributed by atoms with E-state index in [4.69, 9.17) is 21.1 Å². The van der Waals surface area contributed by atoms with Crippen LogP contribution in [-0.2, 0) is 17.9 Å². The summed E-state index contributed by atoms with van der Waals surface area (Å²) < 4.78 is 11.6. The molecule has 0 bridgehead atoms. The summed E-state index contributed by atoms with van der Waals surface area (Å²) in [5.41, 5.74) is 5.01. The minimum atomic E-state index is 0.0275. The lowest BCUT2D eigenvalue weighted by Crippen LogP contribution is -2.39. The number of hydrogen-bond donors (Lipinski definition) is 0. The van der Waals surface area contributed by atoms with Crippen molar-refractivity contribution >= 4 is 17.5 Å². The van der Waals surface area contributed by atoms with Gasteiger partial charge < -0.3 is 14.4 Å². The van der Waals surface area contributed by atoms with Gasteiger partial charge in [-0.1, -0.05) is 43.6 Å². The number of carbonyl (C=O) groups excluding carboxylic acids is 1. The van der Waals surface area contributed by atoms with Crippen LogP contribution >= 0.6 is 11.6 Å². The highest BCUT2D eigenvalue weighted by Crippen LogP contribution is 2.38. The van der Waals surface area contributed by atoms with Gasteiger partial charge in [-0.2, -0.15) is 0 Å². The van der Waals surface area contributed by atoms with Gasteiger partial charge in [0.25, 0.3) is 0 Å². The molecule has 0 unspecified atom stereocenters. The molecule has 184 valence electrons. The molecule has 0 aliphatic carbocycles. The molecule has 0 spiro atoms. The Balaban J connectivity index is 1.45. The minimum absolute atomic E-state index is 0.0275. The summed E-state index contributed by atoms with van der Waals surface area (Å²) in [7, 11) is 0. The van der Waals surface area contributed by atoms with Gasteiger partial charge >= 0.3 is 0 Å². The van der Waals surface area contributed by atoms with Crippen LogP contribution in [-0.4, -0.2) is 48.6 Å². The third-order valence-electron chi connectivity index (χ3n) is 6.86. The number of ether oxygens (including phenoxy) is 2. The number of carbonyl (C=O) groups is 1. The first-order chi connectivity index (χ1) is 16.3. The Morgan fingerprint density at radius 2 is 2.00 bits per heavy atom. The molecule has 1 atom stereocenters. The Bertz CT molecular complexity index is 1020. The molecule has 1 fully saturated rings. The smallest absolute Gasteiger partial charge is 0.227 e. The highest BCUT2D eigenvalue weighted by atomic mass is 35.5. The van der Waals surface area contributed by atoms with Crippen molar-refractivity contribution in [2.24, 2.45) is 11.8 Å². The first kappa shape index (κ1) is 24.9. The van der Waals surface area contributed by atoms with Crippen LogP contribution in [0.4, 0.5) is 0 Å². The van der Waals surface area contributed by atoms with E-state index >= 15 is 0 Å². The van der Waals surface area contributed by atoms with Crippen molar-refractivity contribution in [1.29, 1.82) is 0 Å². The Kier molecular flexibility index (Phi) is 8.05. The fourth-order valence-corrected chi connectivity index (χ4v) is 5.22. The lowest BCUT2D eigenvalue weighted by molar-refractivity contribution is -0.136. The summed E-state index contributed by atoms with van der Waals surface area (Å²) in [5.74, 6) is 1.94. The Labute approximate surface area is 209 Å². The molecule has 6 heteroatoms. The molecule has 0 aromatic heterocycles. The molecule has 34 heavy (non-hydrogen) atoms. The highest BCUT2D eigenvalue weighted by Gasteiger charge is 2.32. The molecule has 2 heterocycles. The van der Waals surface area contributed by atoms with Gasteiger partial charge in [0.15, 0.2) is 11.5 Å². The summed E-state index contributed by atoms with van der Waals surface area (Å²) in [4.78, 5) is 18.1. The van der Waals surface area contributed by atoms with E-state index in [1.807, 2.05) is 17.0 Å². The molecular weight excluding hydrogens is 448 g/mol. The Morgan fingerprint density at radius 3 is 2.79 bits per heavy atom. The number of nitrogens with zero attached hydrogens (tertiary/aromatic N) is 2. The number of rotatable bonds is 7. The van der Waals surface area contributed by atoms with Crippen LogP contribution in [0, 0.1) is 25.7 Å². The molecular formula is C28H37ClN2O3. The maximum Gasteiger partial charge on any atom is 0.227 e. The molecule has 2 aromatic carbocycles.